The van der Waals surface area contributed by atoms with Crippen LogP contribution in [0.25, 0.3) is 54.5 Å². The Morgan fingerprint density at radius 1 is 0.412 bits per heavy atom. The molecular formula is C59H45Cl3N10O9S4. The highest BCUT2D eigenvalue weighted by atomic mass is 35.7. The van der Waals surface area contributed by atoms with E-state index < -0.39 is 39.1 Å². The topological polar surface area (TPSA) is 261 Å². The molecule has 0 saturated heterocycles. The van der Waals surface area contributed by atoms with Gasteiger partial charge in [0.25, 0.3) is 39.1 Å². The van der Waals surface area contributed by atoms with Gasteiger partial charge in [-0.15, -0.1) is 0 Å². The van der Waals surface area contributed by atoms with Crippen LogP contribution in [0.5, 0.6) is 0 Å². The third-order valence-corrected chi connectivity index (χ3v) is 19.3. The van der Waals surface area contributed by atoms with E-state index in [1.165, 1.54) is 73.2 Å². The van der Waals surface area contributed by atoms with E-state index in [0.29, 0.717) is 42.4 Å². The van der Waals surface area contributed by atoms with Crippen molar-refractivity contribution in [3.05, 3.63) is 278 Å². The van der Waals surface area contributed by atoms with Gasteiger partial charge in [0.15, 0.2) is 12.4 Å². The second-order valence-electron chi connectivity index (χ2n) is 17.6. The molecule has 0 aliphatic heterocycles. The number of hydrogen-bond donors (Lipinski definition) is 2. The molecule has 0 atom stereocenters. The SMILES string of the molecule is Clc1nccc2[nH]ccc12.O=S(=O)(Cl)c1ccccc1.O=S(=O)(c1ccccc1)n1ccc2c(Cl)nccc21.O=S(=O)(c1ccccc1)n1ccc2c[n+]([O-])ccc21.O=S(=O)(c1ccccc1)n1ccc2cnccc21.c1cc2[nH]ccc2cn1. The van der Waals surface area contributed by atoms with Gasteiger partial charge in [-0.1, -0.05) is 96.0 Å². The molecule has 4 aromatic carbocycles. The number of nitrogens with one attached hydrogen (secondary N) is 2. The molecular weight excluding hydrogens is 1230 g/mol. The lowest BCUT2D eigenvalue weighted by Crippen LogP contribution is -2.23. The quantitative estimate of drug-likeness (QED) is 0.0652. The Labute approximate surface area is 501 Å². The van der Waals surface area contributed by atoms with Crippen LogP contribution >= 0.6 is 33.9 Å². The molecule has 0 aliphatic rings. The summed E-state index contributed by atoms with van der Waals surface area (Å²) in [5.41, 5.74) is 3.80. The number of aromatic amines is 2. The van der Waals surface area contributed by atoms with Gasteiger partial charge in [0, 0.05) is 112 Å². The summed E-state index contributed by atoms with van der Waals surface area (Å²) in [4.78, 5) is 22.8. The van der Waals surface area contributed by atoms with E-state index >= 15 is 0 Å². The molecule has 26 heteroatoms. The van der Waals surface area contributed by atoms with Crippen molar-refractivity contribution in [1.29, 1.82) is 0 Å². The predicted molar refractivity (Wildman–Crippen MR) is 329 cm³/mol. The number of benzene rings is 4. The van der Waals surface area contributed by atoms with Crippen LogP contribution in [0.4, 0.5) is 0 Å². The van der Waals surface area contributed by atoms with Gasteiger partial charge in [-0.3, -0.25) is 9.97 Å². The third kappa shape index (κ3) is 14.2. The maximum atomic E-state index is 12.5. The first kappa shape index (κ1) is 60.4. The van der Waals surface area contributed by atoms with Crippen molar-refractivity contribution in [2.75, 3.05) is 0 Å². The number of aromatic nitrogens is 10. The molecule has 85 heavy (non-hydrogen) atoms. The van der Waals surface area contributed by atoms with E-state index in [-0.39, 0.29) is 19.6 Å². The Morgan fingerprint density at radius 3 is 1.36 bits per heavy atom. The lowest BCUT2D eigenvalue weighted by Gasteiger charge is -2.07. The zero-order valence-electron chi connectivity index (χ0n) is 43.8. The minimum Gasteiger partial charge on any atom is -0.619 e. The van der Waals surface area contributed by atoms with Crippen molar-refractivity contribution < 1.29 is 38.4 Å². The second-order valence-corrected chi connectivity index (χ2v) is 26.4. The van der Waals surface area contributed by atoms with Gasteiger partial charge < -0.3 is 15.2 Å². The fourth-order valence-electron chi connectivity index (χ4n) is 8.18. The molecule has 0 unspecified atom stereocenters. The predicted octanol–water partition coefficient (Wildman–Crippen LogP) is 12.1. The number of nitrogens with zero attached hydrogens (tertiary/aromatic N) is 8. The molecule has 0 fully saturated rings. The van der Waals surface area contributed by atoms with Crippen molar-refractivity contribution in [1.82, 2.24) is 41.8 Å². The molecule has 430 valence electrons. The van der Waals surface area contributed by atoms with Crippen LogP contribution in [-0.4, -0.2) is 75.5 Å². The molecule has 10 heterocycles. The fraction of sp³-hybridized carbons (Fsp3) is 0. The number of pyridine rings is 5. The first-order valence-corrected chi connectivity index (χ1v) is 32.3. The van der Waals surface area contributed by atoms with Crippen molar-refractivity contribution >= 4 is 128 Å². The number of H-pyrrole nitrogens is 2. The Hall–Kier alpha value is -9.20. The highest BCUT2D eigenvalue weighted by Gasteiger charge is 2.21. The maximum Gasteiger partial charge on any atom is 0.268 e. The van der Waals surface area contributed by atoms with Crippen LogP contribution < -0.4 is 4.73 Å². The number of rotatable bonds is 7. The lowest BCUT2D eigenvalue weighted by molar-refractivity contribution is -0.603. The van der Waals surface area contributed by atoms with E-state index in [4.69, 9.17) is 33.9 Å². The van der Waals surface area contributed by atoms with Crippen LogP contribution in [0.2, 0.25) is 10.3 Å². The van der Waals surface area contributed by atoms with E-state index in [1.54, 1.807) is 158 Å². The molecule has 0 spiro atoms. The van der Waals surface area contributed by atoms with Gasteiger partial charge in [0.05, 0.1) is 47.0 Å². The molecule has 0 aliphatic carbocycles. The largest absolute Gasteiger partial charge is 0.619 e. The van der Waals surface area contributed by atoms with E-state index in [0.717, 1.165) is 27.2 Å². The Balaban J connectivity index is 0.000000125. The zero-order valence-corrected chi connectivity index (χ0v) is 49.4. The molecule has 0 amide bonds. The van der Waals surface area contributed by atoms with Gasteiger partial charge in [-0.05, 0) is 103 Å². The van der Waals surface area contributed by atoms with E-state index in [2.05, 4.69) is 29.9 Å². The van der Waals surface area contributed by atoms with Crippen molar-refractivity contribution in [3.63, 3.8) is 0 Å². The fourth-order valence-corrected chi connectivity index (χ4v) is 13.5. The summed E-state index contributed by atoms with van der Waals surface area (Å²) in [6, 6.07) is 50.2. The third-order valence-electron chi connectivity index (χ3n) is 12.3. The van der Waals surface area contributed by atoms with Gasteiger partial charge in [0.1, 0.15) is 10.3 Å². The summed E-state index contributed by atoms with van der Waals surface area (Å²) in [6.07, 6.45) is 20.9. The zero-order chi connectivity index (χ0) is 60.2. The summed E-state index contributed by atoms with van der Waals surface area (Å²) in [7, 11) is -9.27. The summed E-state index contributed by atoms with van der Waals surface area (Å²) < 4.78 is 100. The van der Waals surface area contributed by atoms with Crippen LogP contribution in [0.15, 0.2) is 282 Å². The van der Waals surface area contributed by atoms with Crippen molar-refractivity contribution in [2.24, 2.45) is 0 Å². The average molecular weight is 1270 g/mol. The molecule has 0 bridgehead atoms. The Bertz CT molecular complexity index is 5010. The number of hydrogen-bond acceptors (Lipinski definition) is 13. The van der Waals surface area contributed by atoms with Crippen molar-refractivity contribution in [3.8, 4) is 0 Å². The first-order valence-electron chi connectivity index (χ1n) is 24.9. The molecule has 0 saturated carbocycles. The molecule has 19 nitrogen and oxygen atoms in total. The normalized spacial score (nSPS) is 11.4. The second kappa shape index (κ2) is 26.6. The van der Waals surface area contributed by atoms with Crippen LogP contribution in [-0.2, 0) is 39.1 Å². The van der Waals surface area contributed by atoms with E-state index in [1.807, 2.05) is 42.9 Å². The minimum atomic E-state index is -3.63. The lowest BCUT2D eigenvalue weighted by atomic mass is 10.3. The maximum absolute atomic E-state index is 12.5. The van der Waals surface area contributed by atoms with Gasteiger partial charge in [-0.2, -0.15) is 4.73 Å². The summed E-state index contributed by atoms with van der Waals surface area (Å²) in [5.74, 6) is 0. The Morgan fingerprint density at radius 2 is 0.835 bits per heavy atom. The van der Waals surface area contributed by atoms with Crippen LogP contribution in [0.3, 0.4) is 0 Å². The minimum absolute atomic E-state index is 0.136. The average Bonchev–Trinajstić information content (AvgIpc) is 2.66. The standard InChI is InChI=1S/C13H9ClN2O2S.C13H10N2O3S.C13H10N2O2S.C7H5ClN2.C7H6N2.C6H5ClO2S/c14-13-11-7-9-16(12(11)6-8-15-13)19(17,18)10-4-2-1-3-5-10;16-14-8-7-13-11(10-14)6-9-15(13)19(17,18)12-4-2-1-3-5-12;16-18(17,12-4-2-1-3-5-12)15-9-7-11-10-14-8-6-13(11)15;8-7-5-1-3-9-6(5)2-4-10-7;1-4-9-7-2-3-8-5-6(1)7;7-10(8,9)6-4-2-1-3-5-6/h1-9H;1-10H;1-10H;1-4,9H;1-5,9H;1-5H. The van der Waals surface area contributed by atoms with Crippen molar-refractivity contribution in [2.45, 2.75) is 19.6 Å². The number of halogens is 3. The van der Waals surface area contributed by atoms with E-state index in [9.17, 15) is 38.9 Å². The first-order chi connectivity index (χ1) is 40.8. The molecule has 10 aromatic heterocycles. The summed E-state index contributed by atoms with van der Waals surface area (Å²) in [5, 5.41) is 16.2. The molecule has 14 aromatic rings. The number of fused-ring (bicyclic) bond motifs is 5. The van der Waals surface area contributed by atoms with Crippen LogP contribution in [0, 0.1) is 5.21 Å². The summed E-state index contributed by atoms with van der Waals surface area (Å²) in [6.45, 7) is 0. The Kier molecular flexibility index (Phi) is 18.9. The smallest absolute Gasteiger partial charge is 0.268 e. The summed E-state index contributed by atoms with van der Waals surface area (Å²) >= 11 is 11.7. The highest BCUT2D eigenvalue weighted by molar-refractivity contribution is 8.13. The monoisotopic (exact) mass is 1270 g/mol. The van der Waals surface area contributed by atoms with Gasteiger partial charge >= 0.3 is 0 Å². The molecule has 2 N–H and O–H groups in total. The van der Waals surface area contributed by atoms with Gasteiger partial charge in [-0.25, -0.2) is 55.6 Å². The van der Waals surface area contributed by atoms with Crippen LogP contribution in [0.1, 0.15) is 0 Å². The molecule has 0 radical (unpaired) electrons. The molecule has 14 rings (SSSR count). The highest BCUT2D eigenvalue weighted by Crippen LogP contribution is 2.27. The van der Waals surface area contributed by atoms with Gasteiger partial charge in [0.2, 0.25) is 0 Å².